The summed E-state index contributed by atoms with van der Waals surface area (Å²) in [7, 11) is 0. The maximum atomic E-state index is 13.1. The monoisotopic (exact) mass is 318 g/mol. The van der Waals surface area contributed by atoms with Crippen LogP contribution in [0.25, 0.3) is 10.4 Å². The van der Waals surface area contributed by atoms with Crippen molar-refractivity contribution in [1.29, 1.82) is 0 Å². The first-order valence-electron chi connectivity index (χ1n) is 5.98. The average molecular weight is 318 g/mol. The maximum absolute atomic E-state index is 13.1. The lowest BCUT2D eigenvalue weighted by atomic mass is 9.88. The predicted octanol–water partition coefficient (Wildman–Crippen LogP) is 3.49. The molecule has 8 heteroatoms. The molecule has 2 aromatic rings. The highest BCUT2D eigenvalue weighted by Crippen LogP contribution is 2.41. The Morgan fingerprint density at radius 1 is 1.29 bits per heavy atom. The molecule has 0 unspecified atom stereocenters. The first-order valence-corrected chi connectivity index (χ1v) is 6.79. The molecule has 0 aliphatic rings. The Balaban J connectivity index is 2.63. The highest BCUT2D eigenvalue weighted by molar-refractivity contribution is 7.18. The van der Waals surface area contributed by atoms with Crippen LogP contribution in [0.4, 0.5) is 18.3 Å². The molecule has 21 heavy (non-hydrogen) atoms. The smallest absolute Gasteiger partial charge is 0.400 e. The molecule has 0 aliphatic heterocycles. The maximum Gasteiger partial charge on any atom is 0.400 e. The van der Waals surface area contributed by atoms with Gasteiger partial charge in [0.05, 0.1) is 10.6 Å². The van der Waals surface area contributed by atoms with Crippen molar-refractivity contribution in [2.45, 2.75) is 32.4 Å². The van der Waals surface area contributed by atoms with Crippen LogP contribution < -0.4 is 11.4 Å². The van der Waals surface area contributed by atoms with Crippen LogP contribution in [-0.4, -0.2) is 11.2 Å². The fraction of sp³-hybridized carbons (Fsp3) is 0.385. The third-order valence-corrected chi connectivity index (χ3v) is 4.21. The van der Waals surface area contributed by atoms with E-state index in [-0.39, 0.29) is 5.13 Å². The van der Waals surface area contributed by atoms with Crippen molar-refractivity contribution >= 4 is 16.5 Å². The molecule has 0 radical (unpaired) electrons. The van der Waals surface area contributed by atoms with Crippen molar-refractivity contribution < 1.29 is 17.6 Å². The minimum atomic E-state index is -4.54. The lowest BCUT2D eigenvalue weighted by Crippen LogP contribution is -2.37. The summed E-state index contributed by atoms with van der Waals surface area (Å²) >= 11 is 1.11. The van der Waals surface area contributed by atoms with E-state index >= 15 is 0 Å². The minimum absolute atomic E-state index is 0.285. The largest absolute Gasteiger partial charge is 0.427 e. The summed E-state index contributed by atoms with van der Waals surface area (Å²) in [6, 6.07) is 2.35. The van der Waals surface area contributed by atoms with Gasteiger partial charge in [-0.3, -0.25) is 0 Å². The molecule has 114 valence electrons. The van der Waals surface area contributed by atoms with Crippen LogP contribution in [0.1, 0.15) is 25.3 Å². The van der Waals surface area contributed by atoms with Gasteiger partial charge in [-0.2, -0.15) is 13.2 Å². The van der Waals surface area contributed by atoms with Gasteiger partial charge in [-0.25, -0.2) is 9.78 Å². The number of hydrogen-bond acceptors (Lipinski definition) is 5. The van der Waals surface area contributed by atoms with E-state index < -0.39 is 23.0 Å². The first-order chi connectivity index (χ1) is 9.52. The molecule has 2 aromatic heterocycles. The number of nitrogens with two attached hydrogens (primary N) is 1. The van der Waals surface area contributed by atoms with E-state index in [0.29, 0.717) is 16.1 Å². The minimum Gasteiger partial charge on any atom is -0.427 e. The van der Waals surface area contributed by atoms with E-state index in [1.807, 2.05) is 0 Å². The summed E-state index contributed by atoms with van der Waals surface area (Å²) in [5, 5.41) is 0.285. The number of nitrogens with zero attached hydrogens (tertiary/aromatic N) is 1. The summed E-state index contributed by atoms with van der Waals surface area (Å²) in [6.07, 6.45) is -4.54. The van der Waals surface area contributed by atoms with Crippen LogP contribution in [0.3, 0.4) is 0 Å². The van der Waals surface area contributed by atoms with Crippen LogP contribution in [0.5, 0.6) is 0 Å². The zero-order valence-corrected chi connectivity index (χ0v) is 12.4. The summed E-state index contributed by atoms with van der Waals surface area (Å²) in [4.78, 5) is 16.1. The third-order valence-electron chi connectivity index (χ3n) is 3.17. The number of nitrogen functional groups attached to an aromatic ring is 1. The van der Waals surface area contributed by atoms with E-state index in [4.69, 9.17) is 10.2 Å². The van der Waals surface area contributed by atoms with Crippen molar-refractivity contribution in [3.05, 3.63) is 34.0 Å². The molecule has 2 N–H and O–H groups in total. The summed E-state index contributed by atoms with van der Waals surface area (Å²) in [5.41, 5.74) is 3.34. The Morgan fingerprint density at radius 2 is 1.90 bits per heavy atom. The normalized spacial score (nSPS) is 12.7. The van der Waals surface area contributed by atoms with Gasteiger partial charge in [0.15, 0.2) is 5.13 Å². The Kier molecular flexibility index (Phi) is 3.61. The SMILES string of the molecule is Cc1nc(N)sc1-c1cc(C(C)(C)C(F)(F)F)oc(=O)c1. The average Bonchev–Trinajstić information content (AvgIpc) is 2.66. The van der Waals surface area contributed by atoms with Crippen molar-refractivity contribution in [1.82, 2.24) is 4.98 Å². The number of rotatable bonds is 2. The van der Waals surface area contributed by atoms with Crippen molar-refractivity contribution in [3.8, 4) is 10.4 Å². The number of aromatic nitrogens is 1. The molecule has 0 fully saturated rings. The molecule has 0 aromatic carbocycles. The lowest BCUT2D eigenvalue weighted by molar-refractivity contribution is -0.185. The highest BCUT2D eigenvalue weighted by atomic mass is 32.1. The zero-order chi connectivity index (χ0) is 16.0. The van der Waals surface area contributed by atoms with Gasteiger partial charge in [0.25, 0.3) is 0 Å². The zero-order valence-electron chi connectivity index (χ0n) is 11.5. The molecule has 0 atom stereocenters. The predicted molar refractivity (Wildman–Crippen MR) is 74.3 cm³/mol. The molecule has 0 saturated carbocycles. The Bertz CT molecular complexity index is 732. The third kappa shape index (κ3) is 2.80. The standard InChI is InChI=1S/C13H13F3N2O2S/c1-6-10(21-11(17)18-6)7-4-8(20-9(19)5-7)12(2,3)13(14,15)16/h4-5H,1-3H3,(H2,17,18). The van der Waals surface area contributed by atoms with Crippen molar-refractivity contribution in [2.75, 3.05) is 5.73 Å². The second-order valence-electron chi connectivity index (χ2n) is 5.12. The van der Waals surface area contributed by atoms with Crippen LogP contribution in [-0.2, 0) is 5.41 Å². The fourth-order valence-electron chi connectivity index (χ4n) is 1.74. The van der Waals surface area contributed by atoms with E-state index in [2.05, 4.69) is 4.98 Å². The Hall–Kier alpha value is -1.83. The summed E-state index contributed by atoms with van der Waals surface area (Å²) < 4.78 is 44.0. The van der Waals surface area contributed by atoms with Crippen molar-refractivity contribution in [3.63, 3.8) is 0 Å². The van der Waals surface area contributed by atoms with Gasteiger partial charge in [0.2, 0.25) is 0 Å². The number of anilines is 1. The second-order valence-corrected chi connectivity index (χ2v) is 6.15. The fourth-order valence-corrected chi connectivity index (χ4v) is 2.56. The molecule has 0 aliphatic carbocycles. The van der Waals surface area contributed by atoms with E-state index in [0.717, 1.165) is 31.3 Å². The number of alkyl halides is 3. The molecule has 0 amide bonds. The Morgan fingerprint density at radius 3 is 2.38 bits per heavy atom. The first kappa shape index (κ1) is 15.6. The number of thiazole rings is 1. The van der Waals surface area contributed by atoms with Gasteiger partial charge >= 0.3 is 11.8 Å². The van der Waals surface area contributed by atoms with E-state index in [9.17, 15) is 18.0 Å². The van der Waals surface area contributed by atoms with Crippen LogP contribution in [0.15, 0.2) is 21.3 Å². The quantitative estimate of drug-likeness (QED) is 0.920. The molecule has 0 bridgehead atoms. The van der Waals surface area contributed by atoms with Gasteiger partial charge in [0.1, 0.15) is 11.2 Å². The number of halogens is 3. The van der Waals surface area contributed by atoms with Gasteiger partial charge in [-0.1, -0.05) is 11.3 Å². The second kappa shape index (κ2) is 4.87. The van der Waals surface area contributed by atoms with Gasteiger partial charge in [-0.05, 0) is 26.8 Å². The highest BCUT2D eigenvalue weighted by Gasteiger charge is 2.50. The van der Waals surface area contributed by atoms with Gasteiger partial charge in [-0.15, -0.1) is 0 Å². The Labute approximate surface area is 122 Å². The molecular weight excluding hydrogens is 305 g/mol. The molecule has 0 saturated heterocycles. The van der Waals surface area contributed by atoms with Crippen molar-refractivity contribution in [2.24, 2.45) is 0 Å². The summed E-state index contributed by atoms with van der Waals surface area (Å²) in [6.45, 7) is 3.59. The van der Waals surface area contributed by atoms with E-state index in [1.165, 1.54) is 6.07 Å². The molecule has 2 heterocycles. The number of aryl methyl sites for hydroxylation is 1. The summed E-state index contributed by atoms with van der Waals surface area (Å²) in [5.74, 6) is -0.441. The van der Waals surface area contributed by atoms with Crippen LogP contribution in [0, 0.1) is 6.92 Å². The molecule has 2 rings (SSSR count). The topological polar surface area (TPSA) is 69.1 Å². The lowest BCUT2D eigenvalue weighted by Gasteiger charge is -2.26. The van der Waals surface area contributed by atoms with E-state index in [1.54, 1.807) is 6.92 Å². The molecular formula is C13H13F3N2O2S. The van der Waals surface area contributed by atoms with Crippen LogP contribution >= 0.6 is 11.3 Å². The molecule has 0 spiro atoms. The van der Waals surface area contributed by atoms with Gasteiger partial charge < -0.3 is 10.2 Å². The number of hydrogen-bond donors (Lipinski definition) is 1. The molecule has 4 nitrogen and oxygen atoms in total. The van der Waals surface area contributed by atoms with Crippen LogP contribution in [0.2, 0.25) is 0 Å². The van der Waals surface area contributed by atoms with Gasteiger partial charge in [0, 0.05) is 11.6 Å².